The van der Waals surface area contributed by atoms with Crippen LogP contribution >= 0.6 is 0 Å². The van der Waals surface area contributed by atoms with Crippen LogP contribution in [0.2, 0.25) is 0 Å². The molecule has 29 heavy (non-hydrogen) atoms. The van der Waals surface area contributed by atoms with Crippen molar-refractivity contribution in [2.75, 3.05) is 19.6 Å². The smallest absolute Gasteiger partial charge is 0.387 e. The predicted molar refractivity (Wildman–Crippen MR) is 102 cm³/mol. The maximum atomic E-state index is 12.5. The second-order valence-electron chi connectivity index (χ2n) is 6.80. The Morgan fingerprint density at radius 3 is 2.41 bits per heavy atom. The number of carbonyl (C=O) groups excluding carboxylic acids is 2. The van der Waals surface area contributed by atoms with Crippen LogP contribution in [0.3, 0.4) is 0 Å². The van der Waals surface area contributed by atoms with Crippen molar-refractivity contribution in [2.45, 2.75) is 25.4 Å². The first-order valence-corrected chi connectivity index (χ1v) is 9.33. The van der Waals surface area contributed by atoms with Gasteiger partial charge in [-0.1, -0.05) is 24.3 Å². The topological polar surface area (TPSA) is 78.9 Å². The normalized spacial score (nSPS) is 14.7. The van der Waals surface area contributed by atoms with Gasteiger partial charge in [0.25, 0.3) is 5.91 Å². The van der Waals surface area contributed by atoms with E-state index >= 15 is 0 Å². The summed E-state index contributed by atoms with van der Waals surface area (Å²) in [5, 5.41) is 11.9. The number of nitrogens with zero attached hydrogens (tertiary/aromatic N) is 1. The number of phenolic OH excluding ortho intramolecular Hbond substituents is 1. The van der Waals surface area contributed by atoms with E-state index in [2.05, 4.69) is 10.1 Å². The van der Waals surface area contributed by atoms with Crippen LogP contribution in [-0.2, 0) is 4.79 Å². The number of piperidine rings is 1. The van der Waals surface area contributed by atoms with E-state index in [1.807, 2.05) is 12.1 Å². The first kappa shape index (κ1) is 20.6. The van der Waals surface area contributed by atoms with E-state index in [-0.39, 0.29) is 29.5 Å². The lowest BCUT2D eigenvalue weighted by atomic mass is 9.89. The van der Waals surface area contributed by atoms with Crippen LogP contribution in [0.25, 0.3) is 0 Å². The Labute approximate surface area is 167 Å². The molecule has 154 valence electrons. The van der Waals surface area contributed by atoms with Crippen LogP contribution < -0.4 is 10.1 Å². The van der Waals surface area contributed by atoms with Gasteiger partial charge in [-0.3, -0.25) is 9.59 Å². The highest BCUT2D eigenvalue weighted by Gasteiger charge is 2.24. The van der Waals surface area contributed by atoms with E-state index in [0.29, 0.717) is 19.0 Å². The van der Waals surface area contributed by atoms with Gasteiger partial charge in [0.2, 0.25) is 5.91 Å². The average Bonchev–Trinajstić information content (AvgIpc) is 2.72. The summed E-state index contributed by atoms with van der Waals surface area (Å²) < 4.78 is 29.3. The third-order valence-corrected chi connectivity index (χ3v) is 4.96. The zero-order valence-corrected chi connectivity index (χ0v) is 15.7. The molecule has 0 aliphatic carbocycles. The highest BCUT2D eigenvalue weighted by Crippen LogP contribution is 2.29. The number of phenols is 1. The van der Waals surface area contributed by atoms with E-state index in [1.165, 1.54) is 24.3 Å². The summed E-state index contributed by atoms with van der Waals surface area (Å²) in [5.74, 6) is -0.573. The highest BCUT2D eigenvalue weighted by atomic mass is 19.3. The van der Waals surface area contributed by atoms with Gasteiger partial charge in [0.05, 0.1) is 12.1 Å². The molecule has 1 aliphatic heterocycles. The zero-order chi connectivity index (χ0) is 20.8. The number of hydrogen-bond acceptors (Lipinski definition) is 4. The number of amides is 2. The van der Waals surface area contributed by atoms with Crippen molar-refractivity contribution < 1.29 is 28.2 Å². The number of rotatable bonds is 6. The van der Waals surface area contributed by atoms with Gasteiger partial charge >= 0.3 is 6.61 Å². The van der Waals surface area contributed by atoms with Gasteiger partial charge in [0.1, 0.15) is 11.5 Å². The molecule has 3 rings (SSSR count). The van der Waals surface area contributed by atoms with Crippen molar-refractivity contribution in [1.82, 2.24) is 10.2 Å². The highest BCUT2D eigenvalue weighted by molar-refractivity contribution is 5.98. The second kappa shape index (κ2) is 9.36. The minimum Gasteiger partial charge on any atom is -0.508 e. The SMILES string of the molecule is O=C(NCC(=O)N1CCC(c2ccc(O)cc2)CC1)c1ccccc1OC(F)F. The van der Waals surface area contributed by atoms with E-state index in [4.69, 9.17) is 0 Å². The summed E-state index contributed by atoms with van der Waals surface area (Å²) in [7, 11) is 0. The van der Waals surface area contributed by atoms with Gasteiger partial charge in [0, 0.05) is 13.1 Å². The molecule has 8 heteroatoms. The number of nitrogens with one attached hydrogen (secondary N) is 1. The quantitative estimate of drug-likeness (QED) is 0.775. The van der Waals surface area contributed by atoms with Gasteiger partial charge in [0.15, 0.2) is 0 Å². The summed E-state index contributed by atoms with van der Waals surface area (Å²) in [4.78, 5) is 26.4. The number of para-hydroxylation sites is 1. The molecule has 0 aromatic heterocycles. The van der Waals surface area contributed by atoms with E-state index in [1.54, 1.807) is 17.0 Å². The third-order valence-electron chi connectivity index (χ3n) is 4.96. The van der Waals surface area contributed by atoms with Crippen molar-refractivity contribution in [3.05, 3.63) is 59.7 Å². The monoisotopic (exact) mass is 404 g/mol. The molecule has 2 aromatic carbocycles. The molecular formula is C21H22F2N2O4. The molecule has 0 spiro atoms. The minimum absolute atomic E-state index is 0.0494. The van der Waals surface area contributed by atoms with Crippen molar-refractivity contribution in [3.8, 4) is 11.5 Å². The second-order valence-corrected chi connectivity index (χ2v) is 6.80. The molecule has 0 radical (unpaired) electrons. The standard InChI is InChI=1S/C21H22F2N2O4/c22-21(23)29-18-4-2-1-3-17(18)20(28)24-13-19(27)25-11-9-15(10-12-25)14-5-7-16(26)8-6-14/h1-8,15,21,26H,9-13H2,(H,24,28). The van der Waals surface area contributed by atoms with Crippen LogP contribution in [0.5, 0.6) is 11.5 Å². The molecule has 6 nitrogen and oxygen atoms in total. The van der Waals surface area contributed by atoms with Gasteiger partial charge in [-0.25, -0.2) is 0 Å². The Morgan fingerprint density at radius 1 is 1.10 bits per heavy atom. The third kappa shape index (κ3) is 5.43. The van der Waals surface area contributed by atoms with Gasteiger partial charge in [-0.05, 0) is 48.6 Å². The minimum atomic E-state index is -3.04. The maximum Gasteiger partial charge on any atom is 0.387 e. The molecule has 1 heterocycles. The number of likely N-dealkylation sites (tertiary alicyclic amines) is 1. The number of alkyl halides is 2. The number of benzene rings is 2. The molecular weight excluding hydrogens is 382 g/mol. The Kier molecular flexibility index (Phi) is 6.64. The summed E-state index contributed by atoms with van der Waals surface area (Å²) in [6, 6.07) is 12.7. The fourth-order valence-corrected chi connectivity index (χ4v) is 3.42. The Balaban J connectivity index is 1.50. The largest absolute Gasteiger partial charge is 0.508 e. The first-order valence-electron chi connectivity index (χ1n) is 9.33. The molecule has 1 fully saturated rings. The summed E-state index contributed by atoms with van der Waals surface area (Å²) >= 11 is 0. The number of hydrogen-bond donors (Lipinski definition) is 2. The van der Waals surface area contributed by atoms with Crippen LogP contribution in [0.1, 0.15) is 34.7 Å². The average molecular weight is 404 g/mol. The van der Waals surface area contributed by atoms with Gasteiger partial charge < -0.3 is 20.1 Å². The Morgan fingerprint density at radius 2 is 1.76 bits per heavy atom. The number of carbonyl (C=O) groups is 2. The van der Waals surface area contributed by atoms with Gasteiger partial charge in [-0.15, -0.1) is 0 Å². The summed E-state index contributed by atoms with van der Waals surface area (Å²) in [6.45, 7) is -2.14. The molecule has 0 bridgehead atoms. The van der Waals surface area contributed by atoms with Crippen LogP contribution in [-0.4, -0.2) is 48.1 Å². The van der Waals surface area contributed by atoms with Crippen LogP contribution in [0.15, 0.2) is 48.5 Å². The van der Waals surface area contributed by atoms with E-state index < -0.39 is 12.5 Å². The van der Waals surface area contributed by atoms with Crippen molar-refractivity contribution in [1.29, 1.82) is 0 Å². The maximum absolute atomic E-state index is 12.5. The first-order chi connectivity index (χ1) is 13.9. The fraction of sp³-hybridized carbons (Fsp3) is 0.333. The lowest BCUT2D eigenvalue weighted by Crippen LogP contribution is -2.43. The van der Waals surface area contributed by atoms with Crippen molar-refractivity contribution >= 4 is 11.8 Å². The molecule has 1 aliphatic rings. The number of ether oxygens (including phenoxy) is 1. The predicted octanol–water partition coefficient (Wildman–Crippen LogP) is 3.13. The number of halogens is 2. The lowest BCUT2D eigenvalue weighted by Gasteiger charge is -2.32. The molecule has 0 unspecified atom stereocenters. The molecule has 0 saturated carbocycles. The fourth-order valence-electron chi connectivity index (χ4n) is 3.42. The molecule has 1 saturated heterocycles. The van der Waals surface area contributed by atoms with Crippen LogP contribution in [0, 0.1) is 0 Å². The molecule has 2 aromatic rings. The summed E-state index contributed by atoms with van der Waals surface area (Å²) in [5.41, 5.74) is 1.07. The lowest BCUT2D eigenvalue weighted by molar-refractivity contribution is -0.131. The number of aromatic hydroxyl groups is 1. The van der Waals surface area contributed by atoms with Crippen molar-refractivity contribution in [3.63, 3.8) is 0 Å². The Hall–Kier alpha value is -3.16. The van der Waals surface area contributed by atoms with Gasteiger partial charge in [-0.2, -0.15) is 8.78 Å². The van der Waals surface area contributed by atoms with Crippen molar-refractivity contribution in [2.24, 2.45) is 0 Å². The summed E-state index contributed by atoms with van der Waals surface area (Å²) in [6.07, 6.45) is 1.57. The zero-order valence-electron chi connectivity index (χ0n) is 15.7. The van der Waals surface area contributed by atoms with E-state index in [0.717, 1.165) is 18.4 Å². The molecule has 2 N–H and O–H groups in total. The Bertz CT molecular complexity index is 850. The van der Waals surface area contributed by atoms with E-state index in [9.17, 15) is 23.5 Å². The molecule has 2 amide bonds. The molecule has 0 atom stereocenters. The van der Waals surface area contributed by atoms with Crippen LogP contribution in [0.4, 0.5) is 8.78 Å².